The van der Waals surface area contributed by atoms with Crippen molar-refractivity contribution >= 4 is 23.6 Å². The van der Waals surface area contributed by atoms with Gasteiger partial charge in [-0.2, -0.15) is 0 Å². The molecule has 0 saturated carbocycles. The molecule has 0 aromatic carbocycles. The van der Waals surface area contributed by atoms with E-state index >= 15 is 0 Å². The van der Waals surface area contributed by atoms with E-state index in [1.54, 1.807) is 0 Å². The highest BCUT2D eigenvalue weighted by Crippen LogP contribution is 2.19. The standard InChI is InChI=1S/C20H35NO6/c1-5-6-7-10-16(22)20(15(2)3)21(14-9-12-18(24)25)17(23)11-8-13-19(26)27-4/h15,20H,5-14H2,1-4H3,(H,24,25). The van der Waals surface area contributed by atoms with Crippen molar-refractivity contribution < 1.29 is 29.0 Å². The van der Waals surface area contributed by atoms with E-state index in [-0.39, 0.29) is 49.4 Å². The van der Waals surface area contributed by atoms with Crippen LogP contribution in [0, 0.1) is 5.92 Å². The predicted molar refractivity (Wildman–Crippen MR) is 102 cm³/mol. The number of hydrogen-bond acceptors (Lipinski definition) is 5. The van der Waals surface area contributed by atoms with Crippen molar-refractivity contribution in [2.45, 2.75) is 84.6 Å². The largest absolute Gasteiger partial charge is 0.481 e. The van der Waals surface area contributed by atoms with Gasteiger partial charge in [-0.1, -0.05) is 33.6 Å². The second kappa shape index (κ2) is 14.2. The average Bonchev–Trinajstić information content (AvgIpc) is 2.60. The lowest BCUT2D eigenvalue weighted by molar-refractivity contribution is -0.144. The highest BCUT2D eigenvalue weighted by atomic mass is 16.5. The molecule has 0 aliphatic heterocycles. The normalized spacial score (nSPS) is 11.9. The number of aliphatic carboxylic acids is 1. The summed E-state index contributed by atoms with van der Waals surface area (Å²) in [5.74, 6) is -1.56. The van der Waals surface area contributed by atoms with Gasteiger partial charge in [-0.3, -0.25) is 19.2 Å². The summed E-state index contributed by atoms with van der Waals surface area (Å²) >= 11 is 0. The zero-order valence-electron chi connectivity index (χ0n) is 17.2. The van der Waals surface area contributed by atoms with Gasteiger partial charge in [0.05, 0.1) is 13.2 Å². The number of carboxylic acids is 1. The number of carbonyl (C=O) groups is 4. The molecule has 1 atom stereocenters. The Bertz CT molecular complexity index is 489. The summed E-state index contributed by atoms with van der Waals surface area (Å²) in [5.41, 5.74) is 0. The Kier molecular flexibility index (Phi) is 13.2. The van der Waals surface area contributed by atoms with Crippen LogP contribution in [0.15, 0.2) is 0 Å². The molecule has 156 valence electrons. The molecule has 7 nitrogen and oxygen atoms in total. The number of amides is 1. The molecule has 1 amide bonds. The van der Waals surface area contributed by atoms with Crippen LogP contribution < -0.4 is 0 Å². The zero-order valence-corrected chi connectivity index (χ0v) is 17.2. The Morgan fingerprint density at radius 2 is 1.59 bits per heavy atom. The quantitative estimate of drug-likeness (QED) is 0.343. The smallest absolute Gasteiger partial charge is 0.305 e. The maximum atomic E-state index is 12.7. The summed E-state index contributed by atoms with van der Waals surface area (Å²) in [7, 11) is 1.30. The van der Waals surface area contributed by atoms with E-state index in [1.165, 1.54) is 12.0 Å². The van der Waals surface area contributed by atoms with Crippen LogP contribution in [0.4, 0.5) is 0 Å². The fourth-order valence-corrected chi connectivity index (χ4v) is 3.05. The Hall–Kier alpha value is -1.92. The molecule has 0 radical (unpaired) electrons. The lowest BCUT2D eigenvalue weighted by Crippen LogP contribution is -2.48. The maximum absolute atomic E-state index is 12.7. The Morgan fingerprint density at radius 3 is 2.11 bits per heavy atom. The zero-order chi connectivity index (χ0) is 20.8. The van der Waals surface area contributed by atoms with Gasteiger partial charge >= 0.3 is 11.9 Å². The van der Waals surface area contributed by atoms with Crippen LogP contribution in [0.2, 0.25) is 0 Å². The molecule has 0 rings (SSSR count). The van der Waals surface area contributed by atoms with Crippen LogP contribution in [-0.4, -0.2) is 53.3 Å². The van der Waals surface area contributed by atoms with Crippen LogP contribution in [0.3, 0.4) is 0 Å². The third-order valence-corrected chi connectivity index (χ3v) is 4.43. The number of Topliss-reactive ketones (excluding diaryl/α,β-unsaturated/α-hetero) is 1. The van der Waals surface area contributed by atoms with Crippen LogP contribution in [0.25, 0.3) is 0 Å². The van der Waals surface area contributed by atoms with E-state index < -0.39 is 12.0 Å². The number of nitrogens with zero attached hydrogens (tertiary/aromatic N) is 1. The third kappa shape index (κ3) is 10.7. The number of carboxylic acid groups (broad SMARTS) is 1. The summed E-state index contributed by atoms with van der Waals surface area (Å²) < 4.78 is 4.58. The highest BCUT2D eigenvalue weighted by molar-refractivity contribution is 5.89. The van der Waals surface area contributed by atoms with Crippen LogP contribution in [0.1, 0.15) is 78.6 Å². The van der Waals surface area contributed by atoms with Crippen LogP contribution >= 0.6 is 0 Å². The SMILES string of the molecule is CCCCCC(=O)C(C(C)C)N(CCCC(=O)O)C(=O)CCCC(=O)OC. The Balaban J connectivity index is 5.11. The van der Waals surface area contributed by atoms with Gasteiger partial charge in [0.15, 0.2) is 5.78 Å². The highest BCUT2D eigenvalue weighted by Gasteiger charge is 2.31. The maximum Gasteiger partial charge on any atom is 0.305 e. The van der Waals surface area contributed by atoms with Gasteiger partial charge < -0.3 is 14.7 Å². The van der Waals surface area contributed by atoms with E-state index in [0.717, 1.165) is 19.3 Å². The molecule has 0 aromatic heterocycles. The van der Waals surface area contributed by atoms with E-state index in [1.807, 2.05) is 13.8 Å². The number of carbonyl (C=O) groups excluding carboxylic acids is 3. The molecular formula is C20H35NO6. The Morgan fingerprint density at radius 1 is 0.926 bits per heavy atom. The minimum Gasteiger partial charge on any atom is -0.481 e. The molecule has 0 heterocycles. The average molecular weight is 386 g/mol. The predicted octanol–water partition coefficient (Wildman–Crippen LogP) is 3.20. The summed E-state index contributed by atoms with van der Waals surface area (Å²) in [6, 6.07) is -0.554. The van der Waals surface area contributed by atoms with Gasteiger partial charge in [0.25, 0.3) is 0 Å². The molecule has 0 spiro atoms. The number of methoxy groups -OCH3 is 1. The number of hydrogen-bond donors (Lipinski definition) is 1. The van der Waals surface area contributed by atoms with E-state index in [4.69, 9.17) is 5.11 Å². The summed E-state index contributed by atoms with van der Waals surface area (Å²) in [5, 5.41) is 8.87. The number of unbranched alkanes of at least 4 members (excludes halogenated alkanes) is 2. The molecule has 0 aliphatic carbocycles. The molecule has 27 heavy (non-hydrogen) atoms. The second-order valence-electron chi connectivity index (χ2n) is 7.13. The monoisotopic (exact) mass is 385 g/mol. The first-order chi connectivity index (χ1) is 12.7. The van der Waals surface area contributed by atoms with Gasteiger partial charge in [-0.25, -0.2) is 0 Å². The first-order valence-corrected chi connectivity index (χ1v) is 9.85. The molecule has 7 heteroatoms. The van der Waals surface area contributed by atoms with Crippen LogP contribution in [-0.2, 0) is 23.9 Å². The number of rotatable bonds is 15. The molecule has 0 fully saturated rings. The number of ketones is 1. The molecule has 1 unspecified atom stereocenters. The van der Waals surface area contributed by atoms with Gasteiger partial charge in [-0.05, 0) is 25.2 Å². The Labute approximate surface area is 162 Å². The van der Waals surface area contributed by atoms with Gasteiger partial charge in [0, 0.05) is 32.2 Å². The van der Waals surface area contributed by atoms with Crippen molar-refractivity contribution in [3.8, 4) is 0 Å². The summed E-state index contributed by atoms with van der Waals surface area (Å²) in [6.07, 6.45) is 4.03. The molecule has 1 N–H and O–H groups in total. The van der Waals surface area contributed by atoms with Crippen molar-refractivity contribution in [3.63, 3.8) is 0 Å². The van der Waals surface area contributed by atoms with Crippen molar-refractivity contribution in [1.29, 1.82) is 0 Å². The second-order valence-corrected chi connectivity index (χ2v) is 7.13. The van der Waals surface area contributed by atoms with Gasteiger partial charge in [0.1, 0.15) is 0 Å². The summed E-state index contributed by atoms with van der Waals surface area (Å²) in [6.45, 7) is 6.09. The summed E-state index contributed by atoms with van der Waals surface area (Å²) in [4.78, 5) is 49.1. The van der Waals surface area contributed by atoms with Crippen molar-refractivity contribution in [3.05, 3.63) is 0 Å². The van der Waals surface area contributed by atoms with Crippen molar-refractivity contribution in [2.75, 3.05) is 13.7 Å². The molecule has 0 aliphatic rings. The van der Waals surface area contributed by atoms with Crippen LogP contribution in [0.5, 0.6) is 0 Å². The topological polar surface area (TPSA) is 101 Å². The first-order valence-electron chi connectivity index (χ1n) is 9.85. The fourth-order valence-electron chi connectivity index (χ4n) is 3.05. The molecule has 0 aromatic rings. The molecule has 0 bridgehead atoms. The molecular weight excluding hydrogens is 350 g/mol. The minimum absolute atomic E-state index is 0.0232. The minimum atomic E-state index is -0.927. The van der Waals surface area contributed by atoms with Crippen molar-refractivity contribution in [1.82, 2.24) is 4.90 Å². The van der Waals surface area contributed by atoms with E-state index in [2.05, 4.69) is 11.7 Å². The first kappa shape index (κ1) is 25.1. The molecule has 0 saturated heterocycles. The van der Waals surface area contributed by atoms with Crippen molar-refractivity contribution in [2.24, 2.45) is 5.92 Å². The van der Waals surface area contributed by atoms with Gasteiger partial charge in [-0.15, -0.1) is 0 Å². The third-order valence-electron chi connectivity index (χ3n) is 4.43. The number of esters is 1. The fraction of sp³-hybridized carbons (Fsp3) is 0.800. The van der Waals surface area contributed by atoms with Gasteiger partial charge in [0.2, 0.25) is 5.91 Å². The lowest BCUT2D eigenvalue weighted by Gasteiger charge is -2.34. The van der Waals surface area contributed by atoms with E-state index in [9.17, 15) is 19.2 Å². The van der Waals surface area contributed by atoms with E-state index in [0.29, 0.717) is 19.3 Å². The lowest BCUT2D eigenvalue weighted by atomic mass is 9.93. The number of ether oxygens (including phenoxy) is 1.